The second-order valence-corrected chi connectivity index (χ2v) is 6.84. The van der Waals surface area contributed by atoms with E-state index in [1.165, 1.54) is 25.3 Å². The number of nitrogens with two attached hydrogens (primary N) is 1. The van der Waals surface area contributed by atoms with Gasteiger partial charge in [-0.3, -0.25) is 19.7 Å². The molecule has 3 rings (SSSR count). The van der Waals surface area contributed by atoms with E-state index >= 15 is 0 Å². The number of hydrogen-bond acceptors (Lipinski definition) is 5. The van der Waals surface area contributed by atoms with Crippen LogP contribution in [0.15, 0.2) is 60.7 Å². The zero-order chi connectivity index (χ0) is 21.7. The molecule has 0 saturated heterocycles. The summed E-state index contributed by atoms with van der Waals surface area (Å²) in [6.07, 6.45) is 0.0460. The fourth-order valence-electron chi connectivity index (χ4n) is 3.26. The third kappa shape index (κ3) is 4.91. The van der Waals surface area contributed by atoms with Gasteiger partial charge in [-0.05, 0) is 22.4 Å². The predicted molar refractivity (Wildman–Crippen MR) is 112 cm³/mol. The summed E-state index contributed by atoms with van der Waals surface area (Å²) < 4.78 is 5.21. The number of ether oxygens (including phenoxy) is 1. The van der Waals surface area contributed by atoms with Crippen LogP contribution in [-0.4, -0.2) is 29.9 Å². The summed E-state index contributed by atoms with van der Waals surface area (Å²) in [5.74, 6) is -0.746. The Kier molecular flexibility index (Phi) is 6.26. The van der Waals surface area contributed by atoms with Gasteiger partial charge < -0.3 is 15.8 Å². The van der Waals surface area contributed by atoms with E-state index in [2.05, 4.69) is 5.32 Å². The molecule has 0 fully saturated rings. The number of carbonyl (C=O) groups is 2. The molecule has 3 N–H and O–H groups in total. The summed E-state index contributed by atoms with van der Waals surface area (Å²) >= 11 is 0. The maximum absolute atomic E-state index is 12.5. The number of nitrogens with zero attached hydrogens (tertiary/aromatic N) is 1. The molecule has 0 aliphatic rings. The first-order valence-corrected chi connectivity index (χ1v) is 9.25. The molecule has 0 unspecified atom stereocenters. The van der Waals surface area contributed by atoms with Crippen LogP contribution < -0.4 is 15.8 Å². The Labute approximate surface area is 172 Å². The number of non-ortho nitro benzene ring substituents is 1. The molecule has 0 aliphatic heterocycles. The van der Waals surface area contributed by atoms with E-state index in [1.54, 1.807) is 0 Å². The molecule has 0 aromatic heterocycles. The first kappa shape index (κ1) is 20.8. The number of carbonyl (C=O) groups excluding carboxylic acids is 2. The highest BCUT2D eigenvalue weighted by Gasteiger charge is 2.22. The molecule has 0 heterocycles. The van der Waals surface area contributed by atoms with Crippen molar-refractivity contribution in [2.24, 2.45) is 5.73 Å². The highest BCUT2D eigenvalue weighted by Crippen LogP contribution is 2.25. The molecule has 0 bridgehead atoms. The average molecular weight is 407 g/mol. The molecule has 2 amide bonds. The molecule has 1 atom stereocenters. The number of nitro groups is 1. The quantitative estimate of drug-likeness (QED) is 0.438. The minimum atomic E-state index is -1.03. The SMILES string of the molecule is COc1ccc([N+](=O)[O-])cc1C[C@@H](NC(=O)Cc1ccc2ccccc2c1)C(N)=O. The monoisotopic (exact) mass is 407 g/mol. The molecule has 8 heteroatoms. The summed E-state index contributed by atoms with van der Waals surface area (Å²) in [6, 6.07) is 16.5. The Morgan fingerprint density at radius 2 is 1.83 bits per heavy atom. The normalized spacial score (nSPS) is 11.6. The maximum atomic E-state index is 12.5. The second kappa shape index (κ2) is 9.04. The topological polar surface area (TPSA) is 125 Å². The minimum absolute atomic E-state index is 0.0242. The van der Waals surface area contributed by atoms with Gasteiger partial charge in [0.2, 0.25) is 11.8 Å². The first-order valence-electron chi connectivity index (χ1n) is 9.25. The van der Waals surface area contributed by atoms with E-state index in [1.807, 2.05) is 42.5 Å². The van der Waals surface area contributed by atoms with E-state index in [9.17, 15) is 19.7 Å². The van der Waals surface area contributed by atoms with Crippen LogP contribution in [0.3, 0.4) is 0 Å². The number of fused-ring (bicyclic) bond motifs is 1. The molecule has 3 aromatic carbocycles. The number of benzene rings is 3. The largest absolute Gasteiger partial charge is 0.496 e. The summed E-state index contributed by atoms with van der Waals surface area (Å²) in [6.45, 7) is 0. The van der Waals surface area contributed by atoms with Crippen LogP contribution in [0.5, 0.6) is 5.75 Å². The number of nitro benzene ring substituents is 1. The van der Waals surface area contributed by atoms with Crippen LogP contribution in [0, 0.1) is 10.1 Å². The van der Waals surface area contributed by atoms with Crippen LogP contribution in [0.25, 0.3) is 10.8 Å². The lowest BCUT2D eigenvalue weighted by molar-refractivity contribution is -0.384. The Hall–Kier alpha value is -3.94. The lowest BCUT2D eigenvalue weighted by Crippen LogP contribution is -2.46. The average Bonchev–Trinajstić information content (AvgIpc) is 2.72. The van der Waals surface area contributed by atoms with Gasteiger partial charge in [0, 0.05) is 24.1 Å². The number of nitrogens with one attached hydrogen (secondary N) is 1. The van der Waals surface area contributed by atoms with E-state index in [0.717, 1.165) is 16.3 Å². The van der Waals surface area contributed by atoms with Crippen molar-refractivity contribution in [2.45, 2.75) is 18.9 Å². The van der Waals surface area contributed by atoms with Gasteiger partial charge in [0.15, 0.2) is 0 Å². The van der Waals surface area contributed by atoms with Crippen molar-refractivity contribution in [3.63, 3.8) is 0 Å². The first-order chi connectivity index (χ1) is 14.4. The van der Waals surface area contributed by atoms with Gasteiger partial charge in [0.05, 0.1) is 18.5 Å². The molecule has 0 radical (unpaired) electrons. The van der Waals surface area contributed by atoms with Crippen LogP contribution in [0.4, 0.5) is 5.69 Å². The van der Waals surface area contributed by atoms with Gasteiger partial charge in [-0.25, -0.2) is 0 Å². The van der Waals surface area contributed by atoms with Crippen LogP contribution in [-0.2, 0) is 22.4 Å². The third-order valence-corrected chi connectivity index (χ3v) is 4.76. The summed E-state index contributed by atoms with van der Waals surface area (Å²) in [4.78, 5) is 35.0. The maximum Gasteiger partial charge on any atom is 0.269 e. The highest BCUT2D eigenvalue weighted by atomic mass is 16.6. The lowest BCUT2D eigenvalue weighted by atomic mass is 10.0. The van der Waals surface area contributed by atoms with Crippen molar-refractivity contribution in [1.29, 1.82) is 0 Å². The van der Waals surface area contributed by atoms with Crippen LogP contribution >= 0.6 is 0 Å². The number of hydrogen-bond donors (Lipinski definition) is 2. The van der Waals surface area contributed by atoms with Gasteiger partial charge in [0.1, 0.15) is 11.8 Å². The van der Waals surface area contributed by atoms with Gasteiger partial charge in [0.25, 0.3) is 5.69 Å². The Morgan fingerprint density at radius 3 is 2.50 bits per heavy atom. The van der Waals surface area contributed by atoms with Gasteiger partial charge in [-0.15, -0.1) is 0 Å². The van der Waals surface area contributed by atoms with Crippen LogP contribution in [0.2, 0.25) is 0 Å². The molecule has 3 aromatic rings. The fourth-order valence-corrected chi connectivity index (χ4v) is 3.26. The van der Waals surface area contributed by atoms with Crippen molar-refractivity contribution in [3.05, 3.63) is 81.9 Å². The van der Waals surface area contributed by atoms with Crippen molar-refractivity contribution in [2.75, 3.05) is 7.11 Å². The van der Waals surface area contributed by atoms with Crippen molar-refractivity contribution in [1.82, 2.24) is 5.32 Å². The van der Waals surface area contributed by atoms with Gasteiger partial charge in [-0.2, -0.15) is 0 Å². The summed E-state index contributed by atoms with van der Waals surface area (Å²) in [5.41, 5.74) is 6.52. The standard InChI is InChI=1S/C22H21N3O5/c1-30-20-9-8-18(25(28)29)12-17(20)13-19(22(23)27)24-21(26)11-14-6-7-15-4-2-3-5-16(15)10-14/h2-10,12,19H,11,13H2,1H3,(H2,23,27)(H,24,26)/t19-/m1/s1. The van der Waals surface area contributed by atoms with E-state index < -0.39 is 16.9 Å². The number of primary amides is 1. The Morgan fingerprint density at radius 1 is 1.10 bits per heavy atom. The van der Waals surface area contributed by atoms with Gasteiger partial charge in [-0.1, -0.05) is 42.5 Å². The van der Waals surface area contributed by atoms with E-state index in [4.69, 9.17) is 10.5 Å². The van der Waals surface area contributed by atoms with Crippen molar-refractivity contribution in [3.8, 4) is 5.75 Å². The minimum Gasteiger partial charge on any atom is -0.496 e. The molecule has 0 spiro atoms. The van der Waals surface area contributed by atoms with Crippen LogP contribution in [0.1, 0.15) is 11.1 Å². The smallest absolute Gasteiger partial charge is 0.269 e. The second-order valence-electron chi connectivity index (χ2n) is 6.84. The summed E-state index contributed by atoms with van der Waals surface area (Å²) in [5, 5.41) is 15.7. The molecular formula is C22H21N3O5. The number of methoxy groups -OCH3 is 1. The summed E-state index contributed by atoms with van der Waals surface area (Å²) in [7, 11) is 1.42. The molecule has 30 heavy (non-hydrogen) atoms. The lowest BCUT2D eigenvalue weighted by Gasteiger charge is -2.17. The van der Waals surface area contributed by atoms with Gasteiger partial charge >= 0.3 is 0 Å². The molecular weight excluding hydrogens is 386 g/mol. The molecule has 0 saturated carbocycles. The molecule has 8 nitrogen and oxygen atoms in total. The molecule has 0 aliphatic carbocycles. The highest BCUT2D eigenvalue weighted by molar-refractivity contribution is 5.89. The third-order valence-electron chi connectivity index (χ3n) is 4.76. The fraction of sp³-hybridized carbons (Fsp3) is 0.182. The van der Waals surface area contributed by atoms with E-state index in [0.29, 0.717) is 11.3 Å². The zero-order valence-electron chi connectivity index (χ0n) is 16.3. The Bertz CT molecular complexity index is 1110. The van der Waals surface area contributed by atoms with E-state index in [-0.39, 0.29) is 24.4 Å². The number of rotatable bonds is 8. The Balaban J connectivity index is 1.75. The van der Waals surface area contributed by atoms with Crippen molar-refractivity contribution < 1.29 is 19.2 Å². The predicted octanol–water partition coefficient (Wildman–Crippen LogP) is 2.51. The number of amides is 2. The molecule has 154 valence electrons. The van der Waals surface area contributed by atoms with Crippen molar-refractivity contribution >= 4 is 28.3 Å². The zero-order valence-corrected chi connectivity index (χ0v) is 16.3.